The summed E-state index contributed by atoms with van der Waals surface area (Å²) >= 11 is 0. The third kappa shape index (κ3) is 4.61. The van der Waals surface area contributed by atoms with E-state index in [2.05, 4.69) is 10.6 Å². The van der Waals surface area contributed by atoms with E-state index in [4.69, 9.17) is 5.73 Å². The molecule has 1 unspecified atom stereocenters. The Morgan fingerprint density at radius 2 is 1.76 bits per heavy atom. The first-order chi connectivity index (χ1) is 9.78. The largest absolute Gasteiger partial charge is 0.481 e. The van der Waals surface area contributed by atoms with Gasteiger partial charge < -0.3 is 21.5 Å². The summed E-state index contributed by atoms with van der Waals surface area (Å²) in [4.78, 5) is 34.6. The number of nitrogens with two attached hydrogens (primary N) is 1. The molecule has 1 fully saturated rings. The van der Waals surface area contributed by atoms with Crippen molar-refractivity contribution in [2.24, 2.45) is 17.1 Å². The standard InChI is InChI=1S/C14H25N3O4/c1-9(2)10(11(15)18)17-13(21)16-8-14(12(19)20)6-4-3-5-7-14/h9-10H,3-8H2,1-2H3,(H2,15,18)(H,19,20)(H2,16,17,21). The van der Waals surface area contributed by atoms with Crippen molar-refractivity contribution in [3.8, 4) is 0 Å². The Morgan fingerprint density at radius 3 is 2.19 bits per heavy atom. The highest BCUT2D eigenvalue weighted by atomic mass is 16.4. The van der Waals surface area contributed by atoms with E-state index in [1.54, 1.807) is 13.8 Å². The lowest BCUT2D eigenvalue weighted by molar-refractivity contribution is -0.150. The SMILES string of the molecule is CC(C)C(NC(=O)NCC1(C(=O)O)CCCCC1)C(N)=O. The maximum Gasteiger partial charge on any atom is 0.315 e. The van der Waals surface area contributed by atoms with Crippen LogP contribution in [0.4, 0.5) is 4.79 Å². The Bertz CT molecular complexity index is 403. The molecule has 0 saturated heterocycles. The molecule has 0 radical (unpaired) electrons. The van der Waals surface area contributed by atoms with Crippen molar-refractivity contribution in [2.45, 2.75) is 52.0 Å². The summed E-state index contributed by atoms with van der Waals surface area (Å²) in [6.45, 7) is 3.61. The molecule has 0 bridgehead atoms. The van der Waals surface area contributed by atoms with Gasteiger partial charge in [-0.25, -0.2) is 4.79 Å². The predicted octanol–water partition coefficient (Wildman–Crippen LogP) is 0.831. The molecular formula is C14H25N3O4. The monoisotopic (exact) mass is 299 g/mol. The lowest BCUT2D eigenvalue weighted by Crippen LogP contribution is -2.53. The van der Waals surface area contributed by atoms with Crippen LogP contribution in [0.15, 0.2) is 0 Å². The number of carboxylic acid groups (broad SMARTS) is 1. The minimum Gasteiger partial charge on any atom is -0.481 e. The van der Waals surface area contributed by atoms with Gasteiger partial charge in [0.15, 0.2) is 0 Å². The molecule has 0 heterocycles. The van der Waals surface area contributed by atoms with Crippen LogP contribution < -0.4 is 16.4 Å². The van der Waals surface area contributed by atoms with Crippen LogP contribution in [0.25, 0.3) is 0 Å². The van der Waals surface area contributed by atoms with Gasteiger partial charge in [0.1, 0.15) is 6.04 Å². The van der Waals surface area contributed by atoms with Crippen molar-refractivity contribution in [1.29, 1.82) is 0 Å². The Balaban J connectivity index is 2.58. The maximum absolute atomic E-state index is 11.8. The second-order valence-corrected chi connectivity index (χ2v) is 6.10. The van der Waals surface area contributed by atoms with Gasteiger partial charge in [-0.1, -0.05) is 33.1 Å². The molecule has 1 aliphatic rings. The van der Waals surface area contributed by atoms with E-state index in [0.717, 1.165) is 19.3 Å². The van der Waals surface area contributed by atoms with Crippen molar-refractivity contribution in [2.75, 3.05) is 6.54 Å². The molecule has 5 N–H and O–H groups in total. The molecule has 0 spiro atoms. The van der Waals surface area contributed by atoms with Gasteiger partial charge in [-0.2, -0.15) is 0 Å². The quantitative estimate of drug-likeness (QED) is 0.580. The van der Waals surface area contributed by atoms with Crippen LogP contribution in [0.5, 0.6) is 0 Å². The van der Waals surface area contributed by atoms with Crippen LogP contribution in [0.2, 0.25) is 0 Å². The first kappa shape index (κ1) is 17.3. The molecule has 1 aliphatic carbocycles. The minimum absolute atomic E-state index is 0.0672. The molecule has 0 aromatic carbocycles. The van der Waals surface area contributed by atoms with Crippen LogP contribution >= 0.6 is 0 Å². The zero-order valence-corrected chi connectivity index (χ0v) is 12.6. The fraction of sp³-hybridized carbons (Fsp3) is 0.786. The molecule has 21 heavy (non-hydrogen) atoms. The Labute approximate surface area is 124 Å². The number of carbonyl (C=O) groups excluding carboxylic acids is 2. The molecule has 0 aliphatic heterocycles. The van der Waals surface area contributed by atoms with Crippen molar-refractivity contribution >= 4 is 17.9 Å². The summed E-state index contributed by atoms with van der Waals surface area (Å²) in [6, 6.07) is -1.32. The molecule has 3 amide bonds. The third-order valence-electron chi connectivity index (χ3n) is 4.11. The zero-order chi connectivity index (χ0) is 16.0. The fourth-order valence-corrected chi connectivity index (χ4v) is 2.70. The van der Waals surface area contributed by atoms with Gasteiger partial charge in [0, 0.05) is 6.54 Å². The average molecular weight is 299 g/mol. The van der Waals surface area contributed by atoms with E-state index in [1.165, 1.54) is 0 Å². The molecule has 0 aromatic rings. The minimum atomic E-state index is -0.893. The van der Waals surface area contributed by atoms with Crippen molar-refractivity contribution in [3.63, 3.8) is 0 Å². The Morgan fingerprint density at radius 1 is 1.19 bits per heavy atom. The number of primary amides is 1. The Hall–Kier alpha value is -1.79. The Kier molecular flexibility index (Phi) is 5.99. The van der Waals surface area contributed by atoms with E-state index in [-0.39, 0.29) is 12.5 Å². The number of hydrogen-bond acceptors (Lipinski definition) is 3. The van der Waals surface area contributed by atoms with Crippen molar-refractivity contribution < 1.29 is 19.5 Å². The van der Waals surface area contributed by atoms with Crippen LogP contribution in [-0.4, -0.2) is 35.6 Å². The van der Waals surface area contributed by atoms with Crippen LogP contribution in [-0.2, 0) is 9.59 Å². The molecule has 7 heteroatoms. The summed E-state index contributed by atoms with van der Waals surface area (Å²) in [7, 11) is 0. The molecular weight excluding hydrogens is 274 g/mol. The molecule has 1 rings (SSSR count). The second kappa shape index (κ2) is 7.28. The smallest absolute Gasteiger partial charge is 0.315 e. The highest BCUT2D eigenvalue weighted by Gasteiger charge is 2.40. The zero-order valence-electron chi connectivity index (χ0n) is 12.6. The van der Waals surface area contributed by atoms with Crippen molar-refractivity contribution in [1.82, 2.24) is 10.6 Å². The van der Waals surface area contributed by atoms with E-state index >= 15 is 0 Å². The van der Waals surface area contributed by atoms with E-state index in [9.17, 15) is 19.5 Å². The van der Waals surface area contributed by atoms with Crippen molar-refractivity contribution in [3.05, 3.63) is 0 Å². The second-order valence-electron chi connectivity index (χ2n) is 6.10. The highest BCUT2D eigenvalue weighted by Crippen LogP contribution is 2.35. The molecule has 120 valence electrons. The molecule has 1 saturated carbocycles. The lowest BCUT2D eigenvalue weighted by atomic mass is 9.74. The number of carboxylic acids is 1. The van der Waals surface area contributed by atoms with Gasteiger partial charge in [-0.05, 0) is 18.8 Å². The van der Waals surface area contributed by atoms with Crippen LogP contribution in [0, 0.1) is 11.3 Å². The number of aliphatic carboxylic acids is 1. The average Bonchev–Trinajstić information content (AvgIpc) is 2.42. The third-order valence-corrected chi connectivity index (χ3v) is 4.11. The van der Waals surface area contributed by atoms with Gasteiger partial charge in [0.25, 0.3) is 0 Å². The van der Waals surface area contributed by atoms with Crippen LogP contribution in [0.1, 0.15) is 46.0 Å². The van der Waals surface area contributed by atoms with E-state index in [1.807, 2.05) is 0 Å². The summed E-state index contributed by atoms with van der Waals surface area (Å²) in [5.74, 6) is -1.61. The number of amides is 3. The number of rotatable bonds is 6. The highest BCUT2D eigenvalue weighted by molar-refractivity contribution is 5.86. The molecule has 1 atom stereocenters. The van der Waals surface area contributed by atoms with Gasteiger partial charge >= 0.3 is 12.0 Å². The molecule has 7 nitrogen and oxygen atoms in total. The van der Waals surface area contributed by atoms with Crippen LogP contribution in [0.3, 0.4) is 0 Å². The summed E-state index contributed by atoms with van der Waals surface area (Å²) in [6.07, 6.45) is 3.85. The summed E-state index contributed by atoms with van der Waals surface area (Å²) < 4.78 is 0. The summed E-state index contributed by atoms with van der Waals surface area (Å²) in [5, 5.41) is 14.5. The first-order valence-electron chi connectivity index (χ1n) is 7.35. The normalized spacial score (nSPS) is 18.8. The number of nitrogens with one attached hydrogen (secondary N) is 2. The van der Waals surface area contributed by atoms with E-state index in [0.29, 0.717) is 12.8 Å². The molecule has 0 aromatic heterocycles. The topological polar surface area (TPSA) is 122 Å². The lowest BCUT2D eigenvalue weighted by Gasteiger charge is -2.33. The fourth-order valence-electron chi connectivity index (χ4n) is 2.70. The van der Waals surface area contributed by atoms with Gasteiger partial charge in [0.2, 0.25) is 5.91 Å². The number of hydrogen-bond donors (Lipinski definition) is 4. The van der Waals surface area contributed by atoms with E-state index < -0.39 is 29.4 Å². The predicted molar refractivity (Wildman–Crippen MR) is 77.5 cm³/mol. The van der Waals surface area contributed by atoms with Gasteiger partial charge in [0.05, 0.1) is 5.41 Å². The first-order valence-corrected chi connectivity index (χ1v) is 7.35. The van der Waals surface area contributed by atoms with Gasteiger partial charge in [-0.15, -0.1) is 0 Å². The number of carbonyl (C=O) groups is 3. The van der Waals surface area contributed by atoms with Gasteiger partial charge in [-0.3, -0.25) is 9.59 Å². The summed E-state index contributed by atoms with van der Waals surface area (Å²) in [5.41, 5.74) is 4.33. The number of urea groups is 1. The maximum atomic E-state index is 11.8.